The van der Waals surface area contributed by atoms with Gasteiger partial charge >= 0.3 is 12.1 Å². The number of carbonyl (C=O) groups excluding carboxylic acids is 2. The van der Waals surface area contributed by atoms with Crippen LogP contribution in [0.4, 0.5) is 4.79 Å². The Morgan fingerprint density at radius 1 is 1.23 bits per heavy atom. The number of ether oxygens (including phenoxy) is 4. The predicted molar refractivity (Wildman–Crippen MR) is 114 cm³/mol. The molecule has 0 radical (unpaired) electrons. The maximum Gasteiger partial charge on any atom is 0.410 e. The van der Waals surface area contributed by atoms with Gasteiger partial charge < -0.3 is 18.9 Å². The van der Waals surface area contributed by atoms with Crippen molar-refractivity contribution in [2.45, 2.75) is 77.2 Å². The average Bonchev–Trinajstić information content (AvgIpc) is 3.13. The number of nitrogens with one attached hydrogen (secondary N) is 1. The lowest BCUT2D eigenvalue weighted by molar-refractivity contribution is -0.160. The van der Waals surface area contributed by atoms with Crippen LogP contribution < -0.4 is 5.32 Å². The summed E-state index contributed by atoms with van der Waals surface area (Å²) in [6.07, 6.45) is -1.01. The van der Waals surface area contributed by atoms with Crippen LogP contribution in [0.3, 0.4) is 0 Å². The van der Waals surface area contributed by atoms with Gasteiger partial charge in [-0.2, -0.15) is 0 Å². The minimum Gasteiger partial charge on any atom is -0.468 e. The fourth-order valence-electron chi connectivity index (χ4n) is 4.05. The van der Waals surface area contributed by atoms with Crippen LogP contribution in [0.25, 0.3) is 0 Å². The standard InChI is InChI=1S/C23H34N2O6/c1-14-8-10-15(11-9-14)18(20(26)28-7)24-12-16-19-17(29-23(5,6)30-19)13-25(16)21(27)31-22(2,3)4/h8-11,16-19,24H,12-13H2,1-7H3/t16-,17+,18-,19-/m1/s1. The van der Waals surface area contributed by atoms with Crippen molar-refractivity contribution in [1.29, 1.82) is 0 Å². The molecule has 172 valence electrons. The summed E-state index contributed by atoms with van der Waals surface area (Å²) in [5.74, 6) is -1.13. The van der Waals surface area contributed by atoms with Crippen molar-refractivity contribution in [3.05, 3.63) is 35.4 Å². The van der Waals surface area contributed by atoms with Crippen molar-refractivity contribution in [1.82, 2.24) is 10.2 Å². The number of carbonyl (C=O) groups is 2. The van der Waals surface area contributed by atoms with E-state index < -0.39 is 29.5 Å². The van der Waals surface area contributed by atoms with Gasteiger partial charge in [-0.15, -0.1) is 0 Å². The molecule has 0 saturated carbocycles. The van der Waals surface area contributed by atoms with Gasteiger partial charge in [0.25, 0.3) is 0 Å². The van der Waals surface area contributed by atoms with Gasteiger partial charge in [-0.1, -0.05) is 29.8 Å². The van der Waals surface area contributed by atoms with Crippen LogP contribution in [0, 0.1) is 6.92 Å². The van der Waals surface area contributed by atoms with Crippen molar-refractivity contribution in [2.24, 2.45) is 0 Å². The molecule has 1 aromatic rings. The van der Waals surface area contributed by atoms with Crippen LogP contribution in [0.5, 0.6) is 0 Å². The summed E-state index contributed by atoms with van der Waals surface area (Å²) in [4.78, 5) is 27.0. The second-order valence-corrected chi connectivity index (χ2v) is 9.61. The first kappa shape index (κ1) is 23.5. The number of rotatable bonds is 5. The van der Waals surface area contributed by atoms with Gasteiger partial charge in [0.2, 0.25) is 0 Å². The number of nitrogens with zero attached hydrogens (tertiary/aromatic N) is 1. The fourth-order valence-corrected chi connectivity index (χ4v) is 4.05. The molecule has 2 aliphatic rings. The van der Waals surface area contributed by atoms with Gasteiger partial charge in [0.1, 0.15) is 23.9 Å². The number of fused-ring (bicyclic) bond motifs is 1. The van der Waals surface area contributed by atoms with E-state index in [0.29, 0.717) is 13.1 Å². The number of likely N-dealkylation sites (tertiary alicyclic amines) is 1. The Morgan fingerprint density at radius 2 is 1.87 bits per heavy atom. The molecule has 0 spiro atoms. The van der Waals surface area contributed by atoms with E-state index in [-0.39, 0.29) is 18.2 Å². The normalized spacial score (nSPS) is 25.8. The Morgan fingerprint density at radius 3 is 2.45 bits per heavy atom. The number of amides is 1. The Balaban J connectivity index is 1.80. The third-order valence-electron chi connectivity index (χ3n) is 5.38. The third-order valence-corrected chi connectivity index (χ3v) is 5.38. The molecule has 0 unspecified atom stereocenters. The number of hydrogen-bond acceptors (Lipinski definition) is 7. The molecule has 2 fully saturated rings. The Labute approximate surface area is 184 Å². The van der Waals surface area contributed by atoms with Crippen molar-refractivity contribution in [3.8, 4) is 0 Å². The number of hydrogen-bond donors (Lipinski definition) is 1. The highest BCUT2D eigenvalue weighted by molar-refractivity contribution is 5.77. The zero-order valence-corrected chi connectivity index (χ0v) is 19.4. The quantitative estimate of drug-likeness (QED) is 0.713. The predicted octanol–water partition coefficient (Wildman–Crippen LogP) is 2.94. The van der Waals surface area contributed by atoms with Crippen molar-refractivity contribution in [2.75, 3.05) is 20.2 Å². The highest BCUT2D eigenvalue weighted by Crippen LogP contribution is 2.37. The van der Waals surface area contributed by atoms with Gasteiger partial charge in [-0.3, -0.25) is 10.2 Å². The molecule has 1 amide bonds. The molecule has 2 aliphatic heterocycles. The molecule has 4 atom stereocenters. The van der Waals surface area contributed by atoms with Crippen LogP contribution >= 0.6 is 0 Å². The highest BCUT2D eigenvalue weighted by Gasteiger charge is 2.54. The van der Waals surface area contributed by atoms with Gasteiger partial charge in [0.15, 0.2) is 5.79 Å². The van der Waals surface area contributed by atoms with Crippen LogP contribution in [-0.4, -0.2) is 66.8 Å². The summed E-state index contributed by atoms with van der Waals surface area (Å²) in [7, 11) is 1.36. The first-order chi connectivity index (χ1) is 14.4. The van der Waals surface area contributed by atoms with E-state index in [1.807, 2.05) is 65.8 Å². The van der Waals surface area contributed by atoms with Gasteiger partial charge in [0.05, 0.1) is 19.7 Å². The maximum atomic E-state index is 12.9. The SMILES string of the molecule is COC(=O)[C@H](NC[C@@H]1[C@H]2OC(C)(C)O[C@H]2CN1C(=O)OC(C)(C)C)c1ccc(C)cc1. The van der Waals surface area contributed by atoms with E-state index in [2.05, 4.69) is 5.32 Å². The summed E-state index contributed by atoms with van der Waals surface area (Å²) in [6.45, 7) is 11.9. The van der Waals surface area contributed by atoms with E-state index >= 15 is 0 Å². The van der Waals surface area contributed by atoms with E-state index in [9.17, 15) is 9.59 Å². The van der Waals surface area contributed by atoms with E-state index in [1.165, 1.54) is 7.11 Å². The molecule has 0 aliphatic carbocycles. The molecule has 1 aromatic carbocycles. The minimum atomic E-state index is -0.730. The molecular weight excluding hydrogens is 400 g/mol. The van der Waals surface area contributed by atoms with E-state index in [0.717, 1.165) is 11.1 Å². The first-order valence-corrected chi connectivity index (χ1v) is 10.6. The summed E-state index contributed by atoms with van der Waals surface area (Å²) in [5, 5.41) is 3.28. The summed E-state index contributed by atoms with van der Waals surface area (Å²) < 4.78 is 22.7. The second-order valence-electron chi connectivity index (χ2n) is 9.61. The van der Waals surface area contributed by atoms with Crippen LogP contribution in [0.2, 0.25) is 0 Å². The fraction of sp³-hybridized carbons (Fsp3) is 0.652. The molecule has 2 heterocycles. The molecule has 0 bridgehead atoms. The largest absolute Gasteiger partial charge is 0.468 e. The summed E-state index contributed by atoms with van der Waals surface area (Å²) >= 11 is 0. The van der Waals surface area contributed by atoms with Gasteiger partial charge in [-0.25, -0.2) is 9.59 Å². The van der Waals surface area contributed by atoms with E-state index in [4.69, 9.17) is 18.9 Å². The molecule has 8 heteroatoms. The number of benzene rings is 1. The topological polar surface area (TPSA) is 86.3 Å². The lowest BCUT2D eigenvalue weighted by atomic mass is 10.0. The van der Waals surface area contributed by atoms with Crippen LogP contribution in [0.1, 0.15) is 51.8 Å². The van der Waals surface area contributed by atoms with E-state index in [1.54, 1.807) is 4.90 Å². The minimum absolute atomic E-state index is 0.259. The molecular formula is C23H34N2O6. The number of aryl methyl sites for hydroxylation is 1. The lowest BCUT2D eigenvalue weighted by Crippen LogP contribution is -2.50. The van der Waals surface area contributed by atoms with Crippen molar-refractivity contribution >= 4 is 12.1 Å². The van der Waals surface area contributed by atoms with Crippen molar-refractivity contribution in [3.63, 3.8) is 0 Å². The number of esters is 1. The molecule has 31 heavy (non-hydrogen) atoms. The van der Waals surface area contributed by atoms with Gasteiger partial charge in [-0.05, 0) is 47.1 Å². The summed E-state index contributed by atoms with van der Waals surface area (Å²) in [6, 6.07) is 6.65. The molecule has 0 aromatic heterocycles. The monoisotopic (exact) mass is 434 g/mol. The number of methoxy groups -OCH3 is 1. The zero-order valence-electron chi connectivity index (χ0n) is 19.4. The summed E-state index contributed by atoms with van der Waals surface area (Å²) in [5.41, 5.74) is 1.27. The average molecular weight is 435 g/mol. The molecule has 8 nitrogen and oxygen atoms in total. The van der Waals surface area contributed by atoms with Crippen LogP contribution in [-0.2, 0) is 23.7 Å². The Bertz CT molecular complexity index is 801. The second kappa shape index (κ2) is 8.76. The van der Waals surface area contributed by atoms with Crippen molar-refractivity contribution < 1.29 is 28.5 Å². The van der Waals surface area contributed by atoms with Crippen LogP contribution in [0.15, 0.2) is 24.3 Å². The Hall–Kier alpha value is -2.16. The van der Waals surface area contributed by atoms with Gasteiger partial charge in [0, 0.05) is 6.54 Å². The molecule has 3 rings (SSSR count). The molecule has 1 N–H and O–H groups in total. The lowest BCUT2D eigenvalue weighted by Gasteiger charge is -2.32. The highest BCUT2D eigenvalue weighted by atomic mass is 16.8. The zero-order chi connectivity index (χ0) is 23.0. The maximum absolute atomic E-state index is 12.9. The smallest absolute Gasteiger partial charge is 0.410 e. The molecule has 2 saturated heterocycles. The third kappa shape index (κ3) is 5.56. The Kier molecular flexibility index (Phi) is 6.64. The first-order valence-electron chi connectivity index (χ1n) is 10.6.